The third kappa shape index (κ3) is 4.95. The summed E-state index contributed by atoms with van der Waals surface area (Å²) < 4.78 is 5.71. The van der Waals surface area contributed by atoms with Crippen LogP contribution >= 0.6 is 0 Å². The fourth-order valence-corrected chi connectivity index (χ4v) is 5.02. The fraction of sp³-hybridized carbons (Fsp3) is 0.600. The van der Waals surface area contributed by atoms with Crippen LogP contribution in [0.3, 0.4) is 0 Å². The second-order valence-electron chi connectivity index (χ2n) is 9.26. The summed E-state index contributed by atoms with van der Waals surface area (Å²) in [6.07, 6.45) is 5.25. The van der Waals surface area contributed by atoms with Gasteiger partial charge in [0.25, 0.3) is 0 Å². The summed E-state index contributed by atoms with van der Waals surface area (Å²) in [4.78, 5) is 24.1. The van der Waals surface area contributed by atoms with Gasteiger partial charge >= 0.3 is 0 Å². The van der Waals surface area contributed by atoms with E-state index in [9.17, 15) is 4.79 Å². The molecule has 1 aromatic carbocycles. The molecule has 2 fully saturated rings. The maximum absolute atomic E-state index is 12.3. The van der Waals surface area contributed by atoms with Gasteiger partial charge in [0.05, 0.1) is 12.6 Å². The molecule has 6 heteroatoms. The number of ether oxygens (including phenoxy) is 1. The lowest BCUT2D eigenvalue weighted by molar-refractivity contribution is -0.135. The minimum Gasteiger partial charge on any atom is -0.494 e. The lowest BCUT2D eigenvalue weighted by Gasteiger charge is -2.35. The second-order valence-corrected chi connectivity index (χ2v) is 9.26. The molecule has 6 nitrogen and oxygen atoms in total. The van der Waals surface area contributed by atoms with Crippen molar-refractivity contribution in [1.29, 1.82) is 0 Å². The number of likely N-dealkylation sites (tertiary alicyclic amines) is 1. The number of piperidine rings is 1. The van der Waals surface area contributed by atoms with E-state index in [0.29, 0.717) is 11.8 Å². The van der Waals surface area contributed by atoms with Crippen LogP contribution < -0.4 is 9.64 Å². The molecule has 0 saturated carbocycles. The van der Waals surface area contributed by atoms with E-state index in [4.69, 9.17) is 4.74 Å². The van der Waals surface area contributed by atoms with E-state index in [1.165, 1.54) is 0 Å². The van der Waals surface area contributed by atoms with Crippen molar-refractivity contribution >= 4 is 22.5 Å². The van der Waals surface area contributed by atoms with E-state index in [1.807, 2.05) is 26.1 Å². The molecule has 2 aliphatic rings. The molecule has 2 aliphatic heterocycles. The smallest absolute Gasteiger partial charge is 0.225 e. The Bertz CT molecular complexity index is 892. The third-order valence-corrected chi connectivity index (χ3v) is 6.77. The summed E-state index contributed by atoms with van der Waals surface area (Å²) in [5, 5.41) is 1.15. The number of pyridine rings is 1. The van der Waals surface area contributed by atoms with Crippen LogP contribution in [0.1, 0.15) is 33.1 Å². The van der Waals surface area contributed by atoms with Crippen LogP contribution in [0.4, 0.5) is 5.69 Å². The lowest BCUT2D eigenvalue weighted by Crippen LogP contribution is -2.43. The predicted octanol–water partition coefficient (Wildman–Crippen LogP) is 3.65. The second kappa shape index (κ2) is 9.86. The summed E-state index contributed by atoms with van der Waals surface area (Å²) in [5.74, 6) is 2.01. The van der Waals surface area contributed by atoms with Crippen LogP contribution in [0.15, 0.2) is 30.5 Å². The first-order valence-corrected chi connectivity index (χ1v) is 11.7. The molecule has 2 saturated heterocycles. The van der Waals surface area contributed by atoms with Gasteiger partial charge in [-0.1, -0.05) is 19.9 Å². The van der Waals surface area contributed by atoms with Gasteiger partial charge in [0.15, 0.2) is 0 Å². The van der Waals surface area contributed by atoms with Crippen molar-refractivity contribution in [3.8, 4) is 5.75 Å². The number of benzene rings is 1. The van der Waals surface area contributed by atoms with E-state index < -0.39 is 0 Å². The van der Waals surface area contributed by atoms with Gasteiger partial charge in [-0.05, 0) is 49.9 Å². The van der Waals surface area contributed by atoms with E-state index in [1.54, 1.807) is 7.11 Å². The Morgan fingerprint density at radius 1 is 1.10 bits per heavy atom. The van der Waals surface area contributed by atoms with Crippen LogP contribution in [-0.2, 0) is 4.79 Å². The molecule has 1 aromatic heterocycles. The Morgan fingerprint density at radius 2 is 1.90 bits per heavy atom. The minimum atomic E-state index is 0.105. The number of aromatic nitrogens is 1. The molecular formula is C25H36N4O2. The zero-order valence-corrected chi connectivity index (χ0v) is 19.2. The number of rotatable bonds is 5. The van der Waals surface area contributed by atoms with Gasteiger partial charge in [-0.2, -0.15) is 0 Å². The van der Waals surface area contributed by atoms with Crippen LogP contribution in [0.2, 0.25) is 0 Å². The number of fused-ring (bicyclic) bond motifs is 1. The highest BCUT2D eigenvalue weighted by molar-refractivity contribution is 5.94. The summed E-state index contributed by atoms with van der Waals surface area (Å²) >= 11 is 0. The molecule has 0 unspecified atom stereocenters. The number of hydrogen-bond acceptors (Lipinski definition) is 5. The number of amides is 1. The highest BCUT2D eigenvalue weighted by atomic mass is 16.5. The quantitative estimate of drug-likeness (QED) is 0.733. The zero-order valence-electron chi connectivity index (χ0n) is 19.2. The SMILES string of the molecule is COc1ccc2cccnc2c1N1CCCN(CC2CCN(C(=O)C(C)C)CC2)CC1. The first-order valence-electron chi connectivity index (χ1n) is 11.7. The van der Waals surface area contributed by atoms with E-state index >= 15 is 0 Å². The van der Waals surface area contributed by atoms with Gasteiger partial charge < -0.3 is 19.4 Å². The van der Waals surface area contributed by atoms with E-state index in [0.717, 1.165) is 87.4 Å². The Hall–Kier alpha value is -2.34. The molecule has 2 aromatic rings. The summed E-state index contributed by atoms with van der Waals surface area (Å²) in [6.45, 7) is 11.2. The molecule has 168 valence electrons. The summed E-state index contributed by atoms with van der Waals surface area (Å²) in [5.41, 5.74) is 2.15. The zero-order chi connectivity index (χ0) is 21.8. The number of methoxy groups -OCH3 is 1. The van der Waals surface area contributed by atoms with Crippen molar-refractivity contribution in [3.63, 3.8) is 0 Å². The molecule has 31 heavy (non-hydrogen) atoms. The van der Waals surface area contributed by atoms with Crippen molar-refractivity contribution in [2.24, 2.45) is 11.8 Å². The molecule has 3 heterocycles. The van der Waals surface area contributed by atoms with Crippen LogP contribution in [0.25, 0.3) is 10.9 Å². The molecular weight excluding hydrogens is 388 g/mol. The molecule has 1 amide bonds. The summed E-state index contributed by atoms with van der Waals surface area (Å²) in [6, 6.07) is 8.26. The highest BCUT2D eigenvalue weighted by Crippen LogP contribution is 2.35. The standard InChI is InChI=1S/C25H36N4O2/c1-19(2)25(30)29-14-9-20(10-15-29)18-27-12-5-13-28(17-16-27)24-22(31-3)8-7-21-6-4-11-26-23(21)24/h4,6-8,11,19-20H,5,9-10,12-18H2,1-3H3. The van der Waals surface area contributed by atoms with Crippen molar-refractivity contribution in [3.05, 3.63) is 30.5 Å². The predicted molar refractivity (Wildman–Crippen MR) is 126 cm³/mol. The Labute approximate surface area is 186 Å². The molecule has 0 aliphatic carbocycles. The minimum absolute atomic E-state index is 0.105. The van der Waals surface area contributed by atoms with Gasteiger partial charge in [-0.25, -0.2) is 0 Å². The van der Waals surface area contributed by atoms with Crippen molar-refractivity contribution in [1.82, 2.24) is 14.8 Å². The number of hydrogen-bond donors (Lipinski definition) is 0. The number of carbonyl (C=O) groups excluding carboxylic acids is 1. The molecule has 0 atom stereocenters. The first-order chi connectivity index (χ1) is 15.1. The normalized spacial score (nSPS) is 19.1. The molecule has 0 N–H and O–H groups in total. The monoisotopic (exact) mass is 424 g/mol. The largest absolute Gasteiger partial charge is 0.494 e. The number of carbonyl (C=O) groups is 1. The van der Waals surface area contributed by atoms with Crippen LogP contribution in [0.5, 0.6) is 5.75 Å². The molecule has 0 bridgehead atoms. The van der Waals surface area contributed by atoms with Gasteiger partial charge in [0.1, 0.15) is 11.4 Å². The van der Waals surface area contributed by atoms with Crippen LogP contribution in [0, 0.1) is 11.8 Å². The Balaban J connectivity index is 1.38. The summed E-state index contributed by atoms with van der Waals surface area (Å²) in [7, 11) is 1.74. The maximum atomic E-state index is 12.3. The third-order valence-electron chi connectivity index (χ3n) is 6.77. The van der Waals surface area contributed by atoms with Gasteiger partial charge in [-0.15, -0.1) is 0 Å². The molecule has 0 spiro atoms. The number of nitrogens with zero attached hydrogens (tertiary/aromatic N) is 4. The topological polar surface area (TPSA) is 48.9 Å². The Kier molecular flexibility index (Phi) is 6.96. The van der Waals surface area contributed by atoms with Crippen molar-refractivity contribution < 1.29 is 9.53 Å². The average molecular weight is 425 g/mol. The van der Waals surface area contributed by atoms with E-state index in [2.05, 4.69) is 37.9 Å². The van der Waals surface area contributed by atoms with Crippen molar-refractivity contribution in [2.45, 2.75) is 33.1 Å². The average Bonchev–Trinajstić information content (AvgIpc) is 3.03. The maximum Gasteiger partial charge on any atom is 0.225 e. The number of anilines is 1. The van der Waals surface area contributed by atoms with Crippen LogP contribution in [-0.4, -0.2) is 73.6 Å². The fourth-order valence-electron chi connectivity index (χ4n) is 5.02. The Morgan fingerprint density at radius 3 is 2.65 bits per heavy atom. The molecule has 0 radical (unpaired) electrons. The van der Waals surface area contributed by atoms with Crippen molar-refractivity contribution in [2.75, 3.05) is 57.8 Å². The van der Waals surface area contributed by atoms with Gasteiger partial charge in [0.2, 0.25) is 5.91 Å². The first kappa shape index (κ1) is 21.9. The van der Waals surface area contributed by atoms with E-state index in [-0.39, 0.29) is 5.92 Å². The van der Waals surface area contributed by atoms with Gasteiger partial charge in [-0.3, -0.25) is 9.78 Å². The highest BCUT2D eigenvalue weighted by Gasteiger charge is 2.27. The lowest BCUT2D eigenvalue weighted by atomic mass is 9.95. The molecule has 4 rings (SSSR count). The van der Waals surface area contributed by atoms with Gasteiger partial charge in [0, 0.05) is 56.8 Å².